The summed E-state index contributed by atoms with van der Waals surface area (Å²) in [5.41, 5.74) is 11.9. The number of carbonyl (C=O) groups excluding carboxylic acids is 1. The number of hydrogen-bond acceptors (Lipinski definition) is 5. The van der Waals surface area contributed by atoms with Crippen LogP contribution in [0.4, 0.5) is 5.69 Å². The maximum absolute atomic E-state index is 12.3. The largest absolute Gasteiger partial charge is 0.477 e. The van der Waals surface area contributed by atoms with E-state index < -0.39 is 32.4 Å². The number of primary sulfonamides is 1. The number of carboxylic acid groups (broad SMARTS) is 1. The average Bonchev–Trinajstić information content (AvgIpc) is 3.17. The highest BCUT2D eigenvalue weighted by atomic mass is 32.2. The fourth-order valence-corrected chi connectivity index (χ4v) is 4.05. The lowest BCUT2D eigenvalue weighted by molar-refractivity contribution is 0.0685. The van der Waals surface area contributed by atoms with E-state index in [4.69, 9.17) is 16.6 Å². The topological polar surface area (TPSA) is 171 Å². The lowest BCUT2D eigenvalue weighted by Crippen LogP contribution is -2.24. The van der Waals surface area contributed by atoms with Gasteiger partial charge in [0.05, 0.1) is 17.8 Å². The molecule has 0 bridgehead atoms. The zero-order valence-electron chi connectivity index (χ0n) is 16.1. The van der Waals surface area contributed by atoms with E-state index in [2.05, 4.69) is 11.8 Å². The van der Waals surface area contributed by atoms with Crippen molar-refractivity contribution < 1.29 is 23.1 Å². The third-order valence-electron chi connectivity index (χ3n) is 4.46. The van der Waals surface area contributed by atoms with Crippen molar-refractivity contribution in [3.8, 4) is 23.0 Å². The average molecular weight is 438 g/mol. The Morgan fingerprint density at radius 1 is 1.10 bits per heavy atom. The number of amides is 1. The number of nitrogens with zero attached hydrogens (tertiary/aromatic N) is 1. The monoisotopic (exact) mass is 438 g/mol. The van der Waals surface area contributed by atoms with Gasteiger partial charge in [-0.1, -0.05) is 42.2 Å². The molecule has 9 nitrogen and oxygen atoms in total. The minimum Gasteiger partial charge on any atom is -0.477 e. The number of hydrogen-bond donors (Lipinski definition) is 4. The van der Waals surface area contributed by atoms with E-state index in [1.54, 1.807) is 36.4 Å². The van der Waals surface area contributed by atoms with Crippen molar-refractivity contribution in [3.05, 3.63) is 71.5 Å². The Bertz CT molecular complexity index is 1350. The van der Waals surface area contributed by atoms with Gasteiger partial charge in [0.15, 0.2) is 0 Å². The van der Waals surface area contributed by atoms with Crippen molar-refractivity contribution in [2.24, 2.45) is 10.9 Å². The predicted molar refractivity (Wildman–Crippen MR) is 114 cm³/mol. The van der Waals surface area contributed by atoms with Gasteiger partial charge in [0.2, 0.25) is 10.0 Å². The predicted octanol–water partition coefficient (Wildman–Crippen LogP) is 1.23. The molecule has 0 atom stereocenters. The maximum atomic E-state index is 12.3. The molecule has 31 heavy (non-hydrogen) atoms. The van der Waals surface area contributed by atoms with Crippen LogP contribution in [0.5, 0.6) is 0 Å². The number of nitrogens with two attached hydrogens (primary N) is 3. The number of carbonyl (C=O) groups is 2. The second-order valence-electron chi connectivity index (χ2n) is 6.49. The Hall–Kier alpha value is -4.07. The molecule has 0 saturated carbocycles. The normalized spacial score (nSPS) is 10.9. The lowest BCUT2D eigenvalue weighted by Gasteiger charge is -2.15. The van der Waals surface area contributed by atoms with Gasteiger partial charge in [-0.2, -0.15) is 0 Å². The highest BCUT2D eigenvalue weighted by Gasteiger charge is 2.27. The van der Waals surface area contributed by atoms with Crippen molar-refractivity contribution in [1.29, 1.82) is 0 Å². The summed E-state index contributed by atoms with van der Waals surface area (Å²) in [6, 6.07) is 13.1. The number of benzene rings is 2. The van der Waals surface area contributed by atoms with E-state index in [-0.39, 0.29) is 23.5 Å². The van der Waals surface area contributed by atoms with Crippen molar-refractivity contribution in [2.45, 2.75) is 11.4 Å². The van der Waals surface area contributed by atoms with Gasteiger partial charge in [0, 0.05) is 17.3 Å². The van der Waals surface area contributed by atoms with Crippen LogP contribution < -0.4 is 16.6 Å². The van der Waals surface area contributed by atoms with Gasteiger partial charge in [-0.3, -0.25) is 4.79 Å². The smallest absolute Gasteiger partial charge is 0.352 e. The quantitative estimate of drug-likeness (QED) is 0.344. The molecule has 158 valence electrons. The van der Waals surface area contributed by atoms with Gasteiger partial charge in [0.25, 0.3) is 5.91 Å². The standard InChI is InChI=1S/C21H18N4O5S/c22-18-15(13-6-2-1-3-7-13)12-14(19(31(24,29)30)17(18)20(23)26)8-4-10-25-11-5-9-16(25)21(27)28/h1-3,5-7,9,11-12H,10,22H2,(H2,23,26)(H,27,28)(H2,24,29,30). The maximum Gasteiger partial charge on any atom is 0.352 e. The van der Waals surface area contributed by atoms with Gasteiger partial charge in [-0.15, -0.1) is 0 Å². The fraction of sp³-hybridized carbons (Fsp3) is 0.0476. The molecule has 0 spiro atoms. The zero-order valence-corrected chi connectivity index (χ0v) is 16.9. The summed E-state index contributed by atoms with van der Waals surface area (Å²) in [6.07, 6.45) is 1.52. The Morgan fingerprint density at radius 3 is 2.35 bits per heavy atom. The van der Waals surface area contributed by atoms with Crippen molar-refractivity contribution in [3.63, 3.8) is 0 Å². The highest BCUT2D eigenvalue weighted by molar-refractivity contribution is 7.89. The summed E-state index contributed by atoms with van der Waals surface area (Å²) in [5, 5.41) is 14.5. The Morgan fingerprint density at radius 2 is 1.77 bits per heavy atom. The van der Waals surface area contributed by atoms with Crippen LogP contribution in [-0.2, 0) is 16.6 Å². The third-order valence-corrected chi connectivity index (χ3v) is 5.45. The van der Waals surface area contributed by atoms with Gasteiger partial charge in [-0.25, -0.2) is 18.4 Å². The second-order valence-corrected chi connectivity index (χ2v) is 7.99. The number of sulfonamides is 1. The van der Waals surface area contributed by atoms with Crippen LogP contribution in [0.15, 0.2) is 59.6 Å². The summed E-state index contributed by atoms with van der Waals surface area (Å²) < 4.78 is 25.9. The number of carboxylic acids is 1. The molecule has 2 aromatic carbocycles. The number of primary amides is 1. The second kappa shape index (κ2) is 8.35. The van der Waals surface area contributed by atoms with Crippen molar-refractivity contribution in [2.75, 3.05) is 5.73 Å². The van der Waals surface area contributed by atoms with Crippen molar-refractivity contribution >= 4 is 27.6 Å². The summed E-state index contributed by atoms with van der Waals surface area (Å²) in [5.74, 6) is 3.18. The molecule has 7 N–H and O–H groups in total. The molecule has 0 aliphatic carbocycles. The molecule has 0 aliphatic rings. The molecule has 0 unspecified atom stereocenters. The Balaban J connectivity index is 2.23. The van der Waals surface area contributed by atoms with Gasteiger partial charge in [0.1, 0.15) is 10.6 Å². The molecule has 3 rings (SSSR count). The van der Waals surface area contributed by atoms with Crippen LogP contribution in [0.1, 0.15) is 26.4 Å². The summed E-state index contributed by atoms with van der Waals surface area (Å²) in [6.45, 7) is -0.0460. The summed E-state index contributed by atoms with van der Waals surface area (Å²) >= 11 is 0. The molecule has 0 radical (unpaired) electrons. The van der Waals surface area contributed by atoms with Crippen LogP contribution in [-0.4, -0.2) is 30.0 Å². The lowest BCUT2D eigenvalue weighted by atomic mass is 9.96. The first-order chi connectivity index (χ1) is 14.6. The Labute approximate surface area is 178 Å². The van der Waals surface area contributed by atoms with Crippen LogP contribution in [0.25, 0.3) is 11.1 Å². The van der Waals surface area contributed by atoms with Crippen LogP contribution in [0.3, 0.4) is 0 Å². The molecular weight excluding hydrogens is 420 g/mol. The number of anilines is 1. The minimum atomic E-state index is -4.42. The van der Waals surface area contributed by atoms with Gasteiger partial charge >= 0.3 is 5.97 Å². The molecule has 0 fully saturated rings. The van der Waals surface area contributed by atoms with E-state index in [0.29, 0.717) is 11.1 Å². The molecule has 1 amide bonds. The van der Waals surface area contributed by atoms with Gasteiger partial charge in [-0.05, 0) is 23.8 Å². The van der Waals surface area contributed by atoms with Crippen LogP contribution in [0, 0.1) is 11.8 Å². The molecule has 1 heterocycles. The first kappa shape index (κ1) is 21.6. The molecule has 10 heteroatoms. The summed E-state index contributed by atoms with van der Waals surface area (Å²) in [4.78, 5) is 22.8. The van der Waals surface area contributed by atoms with Crippen LogP contribution >= 0.6 is 0 Å². The van der Waals surface area contributed by atoms with Gasteiger partial charge < -0.3 is 21.1 Å². The number of nitrogen functional groups attached to an aromatic ring is 1. The fourth-order valence-electron chi connectivity index (χ4n) is 3.13. The first-order valence-electron chi connectivity index (χ1n) is 8.83. The Kier molecular flexibility index (Phi) is 5.83. The summed E-state index contributed by atoms with van der Waals surface area (Å²) in [7, 11) is -4.42. The third kappa shape index (κ3) is 4.42. The van der Waals surface area contributed by atoms with E-state index >= 15 is 0 Å². The first-order valence-corrected chi connectivity index (χ1v) is 10.4. The number of rotatable bonds is 5. The zero-order chi connectivity index (χ0) is 22.8. The van der Waals surface area contributed by atoms with E-state index in [1.165, 1.54) is 22.9 Å². The molecule has 0 aliphatic heterocycles. The molecule has 3 aromatic rings. The van der Waals surface area contributed by atoms with Crippen LogP contribution in [0.2, 0.25) is 0 Å². The number of aromatic carboxylic acids is 1. The van der Waals surface area contributed by atoms with Crippen molar-refractivity contribution in [1.82, 2.24) is 4.57 Å². The molecule has 0 saturated heterocycles. The van der Waals surface area contributed by atoms with E-state index in [9.17, 15) is 23.1 Å². The van der Waals surface area contributed by atoms with E-state index in [0.717, 1.165) is 0 Å². The molecular formula is C21H18N4O5S. The highest BCUT2D eigenvalue weighted by Crippen LogP contribution is 2.34. The molecule has 1 aromatic heterocycles. The minimum absolute atomic E-state index is 0.0149. The number of aromatic nitrogens is 1. The SMILES string of the molecule is NC(=O)c1c(N)c(-c2ccccc2)cc(C#CCn2cccc2C(=O)O)c1S(N)(=O)=O. The van der Waals surface area contributed by atoms with E-state index in [1.807, 2.05) is 0 Å².